The van der Waals surface area contributed by atoms with Crippen LogP contribution in [0.1, 0.15) is 22.2 Å². The molecule has 1 aromatic heterocycles. The van der Waals surface area contributed by atoms with E-state index in [0.717, 1.165) is 23.5 Å². The van der Waals surface area contributed by atoms with Crippen molar-refractivity contribution in [1.29, 1.82) is 0 Å². The fourth-order valence-corrected chi connectivity index (χ4v) is 4.36. The van der Waals surface area contributed by atoms with E-state index in [9.17, 15) is 40.3 Å². The Morgan fingerprint density at radius 2 is 1.70 bits per heavy atom. The number of anilines is 1. The number of hydrogen-bond donors (Lipinski definition) is 2. The molecule has 15 heteroatoms. The number of halogens is 8. The first-order valence-corrected chi connectivity index (χ1v) is 11.1. The Balaban J connectivity index is 1.77. The fraction of sp³-hybridized carbons (Fsp3) is 0.227. The van der Waals surface area contributed by atoms with Crippen LogP contribution in [0.3, 0.4) is 0 Å². The first-order chi connectivity index (χ1) is 17.1. The van der Waals surface area contributed by atoms with Crippen molar-refractivity contribution in [3.05, 3.63) is 57.9 Å². The predicted octanol–water partition coefficient (Wildman–Crippen LogP) is 6.49. The summed E-state index contributed by atoms with van der Waals surface area (Å²) in [5, 5.41) is 5.99. The second-order valence-electron chi connectivity index (χ2n) is 7.43. The van der Waals surface area contributed by atoms with Gasteiger partial charge in [-0.15, -0.1) is 11.3 Å². The standard InChI is InChI=1S/C22H15ClF7N3O3S/c1-10(32-33-18(34)17-16(23)14-7-6-13(36-2)9-15(14)37-17)11-4-3-5-12(8-11)31-19(35)20(24,25)21(26,27)22(28,29)30/h3-9H,1-2H3,(H,31,35)(H,33,34)/b32-10-. The molecule has 1 heterocycles. The van der Waals surface area contributed by atoms with Gasteiger partial charge in [0.15, 0.2) is 0 Å². The van der Waals surface area contributed by atoms with Crippen molar-refractivity contribution in [2.75, 3.05) is 12.4 Å². The molecule has 0 bridgehead atoms. The van der Waals surface area contributed by atoms with Gasteiger partial charge in [-0.25, -0.2) is 5.43 Å². The van der Waals surface area contributed by atoms with Gasteiger partial charge in [0, 0.05) is 15.8 Å². The van der Waals surface area contributed by atoms with E-state index in [1.165, 1.54) is 31.5 Å². The quantitative estimate of drug-likeness (QED) is 0.194. The van der Waals surface area contributed by atoms with Crippen molar-refractivity contribution >= 4 is 56.2 Å². The summed E-state index contributed by atoms with van der Waals surface area (Å²) >= 11 is 7.35. The molecule has 6 nitrogen and oxygen atoms in total. The van der Waals surface area contributed by atoms with E-state index in [2.05, 4.69) is 10.5 Å². The first kappa shape index (κ1) is 28.2. The van der Waals surface area contributed by atoms with Crippen LogP contribution in [-0.4, -0.2) is 42.7 Å². The van der Waals surface area contributed by atoms with Gasteiger partial charge in [0.05, 0.1) is 17.8 Å². The van der Waals surface area contributed by atoms with Crippen molar-refractivity contribution in [2.24, 2.45) is 5.10 Å². The number of alkyl halides is 7. The number of thiophene rings is 1. The highest BCUT2D eigenvalue weighted by Crippen LogP contribution is 2.47. The molecule has 2 aromatic carbocycles. The third kappa shape index (κ3) is 5.49. The van der Waals surface area contributed by atoms with Crippen molar-refractivity contribution in [2.45, 2.75) is 24.9 Å². The monoisotopic (exact) mass is 569 g/mol. The van der Waals surface area contributed by atoms with Crippen LogP contribution in [-0.2, 0) is 4.79 Å². The Bertz CT molecular complexity index is 1390. The summed E-state index contributed by atoms with van der Waals surface area (Å²) in [6, 6.07) is 9.56. The second kappa shape index (κ2) is 10.2. The molecule has 0 radical (unpaired) electrons. The summed E-state index contributed by atoms with van der Waals surface area (Å²) in [5.41, 5.74) is 1.95. The zero-order valence-electron chi connectivity index (χ0n) is 18.6. The third-order valence-electron chi connectivity index (χ3n) is 4.94. The maximum Gasteiger partial charge on any atom is 0.460 e. The zero-order valence-corrected chi connectivity index (χ0v) is 20.2. The normalized spacial score (nSPS) is 13.0. The summed E-state index contributed by atoms with van der Waals surface area (Å²) in [6.45, 7) is 1.38. The molecule has 37 heavy (non-hydrogen) atoms. The Morgan fingerprint density at radius 1 is 1.03 bits per heavy atom. The van der Waals surface area contributed by atoms with Gasteiger partial charge in [-0.1, -0.05) is 23.7 Å². The number of fused-ring (bicyclic) bond motifs is 1. The number of ether oxygens (including phenoxy) is 1. The van der Waals surface area contributed by atoms with E-state index in [1.54, 1.807) is 18.2 Å². The predicted molar refractivity (Wildman–Crippen MR) is 124 cm³/mol. The number of amides is 2. The molecule has 3 aromatic rings. The van der Waals surface area contributed by atoms with Gasteiger partial charge >= 0.3 is 23.9 Å². The van der Waals surface area contributed by atoms with Gasteiger partial charge in [-0.3, -0.25) is 9.59 Å². The molecule has 0 aliphatic rings. The van der Waals surface area contributed by atoms with Crippen LogP contribution in [0.2, 0.25) is 5.02 Å². The molecule has 198 valence electrons. The lowest BCUT2D eigenvalue weighted by molar-refractivity contribution is -0.343. The summed E-state index contributed by atoms with van der Waals surface area (Å²) in [6.07, 6.45) is -6.65. The Kier molecular flexibility index (Phi) is 7.75. The van der Waals surface area contributed by atoms with Gasteiger partial charge in [0.1, 0.15) is 10.6 Å². The van der Waals surface area contributed by atoms with E-state index < -0.39 is 35.5 Å². The van der Waals surface area contributed by atoms with Crippen LogP contribution < -0.4 is 15.5 Å². The van der Waals surface area contributed by atoms with Crippen LogP contribution >= 0.6 is 22.9 Å². The molecule has 3 rings (SSSR count). The van der Waals surface area contributed by atoms with E-state index in [-0.39, 0.29) is 21.2 Å². The van der Waals surface area contributed by atoms with E-state index in [4.69, 9.17) is 16.3 Å². The molecule has 0 fully saturated rings. The fourth-order valence-electron chi connectivity index (χ4n) is 2.92. The second-order valence-corrected chi connectivity index (χ2v) is 8.86. The largest absolute Gasteiger partial charge is 0.497 e. The highest BCUT2D eigenvalue weighted by atomic mass is 35.5. The topological polar surface area (TPSA) is 79.8 Å². The lowest BCUT2D eigenvalue weighted by atomic mass is 10.1. The Morgan fingerprint density at radius 3 is 2.32 bits per heavy atom. The summed E-state index contributed by atoms with van der Waals surface area (Å²) < 4.78 is 96.1. The molecule has 0 unspecified atom stereocenters. The SMILES string of the molecule is COc1ccc2c(Cl)c(C(=O)N/N=C(/C)c3cccc(NC(=O)C(F)(F)C(F)(F)C(F)(F)F)c3)sc2c1. The van der Waals surface area contributed by atoms with E-state index in [0.29, 0.717) is 15.8 Å². The first-order valence-electron chi connectivity index (χ1n) is 9.95. The van der Waals surface area contributed by atoms with Crippen LogP contribution in [0, 0.1) is 0 Å². The number of nitrogens with one attached hydrogen (secondary N) is 2. The molecule has 0 atom stereocenters. The number of carbonyl (C=O) groups is 2. The molecule has 0 saturated carbocycles. The van der Waals surface area contributed by atoms with Crippen LogP contribution in [0.5, 0.6) is 5.75 Å². The molecule has 0 saturated heterocycles. The van der Waals surface area contributed by atoms with Crippen molar-refractivity contribution < 1.29 is 45.1 Å². The highest BCUT2D eigenvalue weighted by Gasteiger charge is 2.76. The number of nitrogens with zero attached hydrogens (tertiary/aromatic N) is 1. The van der Waals surface area contributed by atoms with Crippen LogP contribution in [0.15, 0.2) is 47.6 Å². The molecular weight excluding hydrogens is 555 g/mol. The molecule has 2 N–H and O–H groups in total. The molecule has 2 amide bonds. The average molecular weight is 570 g/mol. The number of benzene rings is 2. The Labute approximate surface area is 213 Å². The number of hydrogen-bond acceptors (Lipinski definition) is 5. The third-order valence-corrected chi connectivity index (χ3v) is 6.60. The Hall–Kier alpha value is -3.39. The number of carbonyl (C=O) groups excluding carboxylic acids is 2. The molecule has 0 spiro atoms. The number of hydrazone groups is 1. The van der Waals surface area contributed by atoms with Gasteiger partial charge in [0.25, 0.3) is 5.91 Å². The van der Waals surface area contributed by atoms with E-state index >= 15 is 0 Å². The van der Waals surface area contributed by atoms with Gasteiger partial charge in [-0.2, -0.15) is 35.8 Å². The minimum Gasteiger partial charge on any atom is -0.497 e. The maximum absolute atomic E-state index is 13.6. The van der Waals surface area contributed by atoms with Gasteiger partial charge in [-0.05, 0) is 42.8 Å². The average Bonchev–Trinajstić information content (AvgIpc) is 3.17. The summed E-state index contributed by atoms with van der Waals surface area (Å²) in [5.74, 6) is -15.7. The zero-order chi connectivity index (χ0) is 27.8. The smallest absolute Gasteiger partial charge is 0.460 e. The number of rotatable bonds is 7. The van der Waals surface area contributed by atoms with Crippen LogP contribution in [0.4, 0.5) is 36.4 Å². The molecule has 0 aliphatic heterocycles. The lowest BCUT2D eigenvalue weighted by Gasteiger charge is -2.27. The van der Waals surface area contributed by atoms with Crippen molar-refractivity contribution in [1.82, 2.24) is 5.43 Å². The minimum absolute atomic E-state index is 0.0794. The summed E-state index contributed by atoms with van der Waals surface area (Å²) in [7, 11) is 1.48. The molecule has 0 aliphatic carbocycles. The van der Waals surface area contributed by atoms with E-state index in [1.807, 2.05) is 0 Å². The van der Waals surface area contributed by atoms with Crippen molar-refractivity contribution in [3.63, 3.8) is 0 Å². The molecular formula is C22H15ClF7N3O3S. The van der Waals surface area contributed by atoms with Crippen molar-refractivity contribution in [3.8, 4) is 5.75 Å². The van der Waals surface area contributed by atoms with Gasteiger partial charge in [0.2, 0.25) is 0 Å². The maximum atomic E-state index is 13.6. The van der Waals surface area contributed by atoms with Crippen LogP contribution in [0.25, 0.3) is 10.1 Å². The lowest BCUT2D eigenvalue weighted by Crippen LogP contribution is -2.57. The number of methoxy groups -OCH3 is 1. The highest BCUT2D eigenvalue weighted by molar-refractivity contribution is 7.21. The van der Waals surface area contributed by atoms with Gasteiger partial charge < -0.3 is 10.1 Å². The minimum atomic E-state index is -6.65. The summed E-state index contributed by atoms with van der Waals surface area (Å²) in [4.78, 5) is 24.3.